The molecular weight excluding hydrogens is 366 g/mol. The Labute approximate surface area is 166 Å². The second kappa shape index (κ2) is 7.82. The van der Waals surface area contributed by atoms with Crippen molar-refractivity contribution in [2.75, 3.05) is 5.32 Å². The summed E-state index contributed by atoms with van der Waals surface area (Å²) in [6.07, 6.45) is 0. The van der Waals surface area contributed by atoms with Gasteiger partial charge in [0.05, 0.1) is 16.9 Å². The normalized spacial score (nSPS) is 10.5. The number of nitrogens with one attached hydrogen (secondary N) is 2. The number of carbonyl (C=O) groups is 2. The predicted octanol–water partition coefficient (Wildman–Crippen LogP) is 4.69. The predicted molar refractivity (Wildman–Crippen MR) is 111 cm³/mol. The van der Waals surface area contributed by atoms with Gasteiger partial charge in [0.1, 0.15) is 5.69 Å². The van der Waals surface area contributed by atoms with Crippen molar-refractivity contribution in [2.45, 2.75) is 0 Å². The number of nitrogens with zero attached hydrogens (tertiary/aromatic N) is 1. The number of aromatic amines is 1. The van der Waals surface area contributed by atoms with Crippen molar-refractivity contribution in [3.63, 3.8) is 0 Å². The zero-order valence-electron chi connectivity index (χ0n) is 15.3. The minimum absolute atomic E-state index is 0.0147. The third-order valence-electron chi connectivity index (χ3n) is 4.50. The summed E-state index contributed by atoms with van der Waals surface area (Å²) >= 11 is 0. The number of carboxylic acid groups (broad SMARTS) is 1. The summed E-state index contributed by atoms with van der Waals surface area (Å²) in [7, 11) is 0. The lowest BCUT2D eigenvalue weighted by Gasteiger charge is -2.10. The fourth-order valence-corrected chi connectivity index (χ4v) is 3.03. The molecule has 29 heavy (non-hydrogen) atoms. The Morgan fingerprint density at radius 1 is 0.793 bits per heavy atom. The van der Waals surface area contributed by atoms with Crippen molar-refractivity contribution in [2.24, 2.45) is 0 Å². The van der Waals surface area contributed by atoms with Crippen LogP contribution in [-0.4, -0.2) is 27.2 Å². The maximum absolute atomic E-state index is 12.7. The molecule has 0 bridgehead atoms. The van der Waals surface area contributed by atoms with Gasteiger partial charge in [0.2, 0.25) is 0 Å². The summed E-state index contributed by atoms with van der Waals surface area (Å²) in [6.45, 7) is 0. The van der Waals surface area contributed by atoms with Crippen LogP contribution in [0.2, 0.25) is 0 Å². The molecule has 1 amide bonds. The molecule has 3 aromatic carbocycles. The van der Waals surface area contributed by atoms with E-state index in [4.69, 9.17) is 0 Å². The molecule has 1 heterocycles. The molecule has 4 aromatic rings. The Morgan fingerprint density at radius 3 is 2.10 bits per heavy atom. The molecule has 0 aliphatic rings. The number of aromatic carboxylic acids is 1. The van der Waals surface area contributed by atoms with E-state index in [1.807, 2.05) is 60.7 Å². The average molecular weight is 383 g/mol. The van der Waals surface area contributed by atoms with E-state index >= 15 is 0 Å². The van der Waals surface area contributed by atoms with Crippen LogP contribution in [0.4, 0.5) is 5.69 Å². The van der Waals surface area contributed by atoms with Crippen LogP contribution in [0.5, 0.6) is 0 Å². The van der Waals surface area contributed by atoms with Crippen LogP contribution in [0.3, 0.4) is 0 Å². The topological polar surface area (TPSA) is 95.1 Å². The highest BCUT2D eigenvalue weighted by Crippen LogP contribution is 2.26. The molecule has 0 fully saturated rings. The molecule has 0 unspecified atom stereocenters. The number of H-pyrrole nitrogens is 1. The smallest absolute Gasteiger partial charge is 0.337 e. The third kappa shape index (κ3) is 3.91. The minimum atomic E-state index is -1.12. The van der Waals surface area contributed by atoms with Gasteiger partial charge in [-0.15, -0.1) is 0 Å². The number of aromatic nitrogens is 2. The summed E-state index contributed by atoms with van der Waals surface area (Å²) in [5, 5.41) is 19.1. The lowest BCUT2D eigenvalue weighted by Crippen LogP contribution is -2.15. The lowest BCUT2D eigenvalue weighted by molar-refractivity contribution is 0.0698. The van der Waals surface area contributed by atoms with E-state index in [9.17, 15) is 14.7 Å². The molecule has 3 N–H and O–H groups in total. The molecule has 0 radical (unpaired) electrons. The molecule has 6 nitrogen and oxygen atoms in total. The first kappa shape index (κ1) is 18.2. The summed E-state index contributed by atoms with van der Waals surface area (Å²) < 4.78 is 0. The molecular formula is C23H17N3O3. The number of carbonyl (C=O) groups excluding carboxylic acids is 1. The molecule has 1 aromatic heterocycles. The second-order valence-corrected chi connectivity index (χ2v) is 6.42. The maximum Gasteiger partial charge on any atom is 0.337 e. The summed E-state index contributed by atoms with van der Waals surface area (Å²) in [5.74, 6) is -1.58. The highest BCUT2D eigenvalue weighted by atomic mass is 16.4. The van der Waals surface area contributed by atoms with Crippen LogP contribution >= 0.6 is 0 Å². The molecule has 6 heteroatoms. The number of hydrogen-bond acceptors (Lipinski definition) is 3. The summed E-state index contributed by atoms with van der Waals surface area (Å²) in [6, 6.07) is 25.5. The largest absolute Gasteiger partial charge is 0.478 e. The van der Waals surface area contributed by atoms with Gasteiger partial charge in [-0.05, 0) is 29.3 Å². The van der Waals surface area contributed by atoms with Gasteiger partial charge in [0.25, 0.3) is 5.91 Å². The first-order valence-electron chi connectivity index (χ1n) is 8.97. The van der Waals surface area contributed by atoms with Crippen molar-refractivity contribution in [3.8, 4) is 22.4 Å². The Hall–Kier alpha value is -4.19. The Bertz CT molecular complexity index is 1170. The zero-order valence-corrected chi connectivity index (χ0v) is 15.3. The van der Waals surface area contributed by atoms with E-state index in [1.54, 1.807) is 18.2 Å². The molecule has 0 saturated carbocycles. The van der Waals surface area contributed by atoms with Gasteiger partial charge in [0, 0.05) is 5.56 Å². The Morgan fingerprint density at radius 2 is 1.45 bits per heavy atom. The maximum atomic E-state index is 12.7. The second-order valence-electron chi connectivity index (χ2n) is 6.42. The number of amides is 1. The van der Waals surface area contributed by atoms with E-state index in [0.29, 0.717) is 5.69 Å². The van der Waals surface area contributed by atoms with E-state index in [2.05, 4.69) is 15.5 Å². The van der Waals surface area contributed by atoms with Crippen molar-refractivity contribution in [3.05, 3.63) is 96.2 Å². The first-order valence-corrected chi connectivity index (χ1v) is 8.97. The van der Waals surface area contributed by atoms with Gasteiger partial charge < -0.3 is 10.4 Å². The van der Waals surface area contributed by atoms with E-state index in [1.165, 1.54) is 6.07 Å². The quantitative estimate of drug-likeness (QED) is 0.466. The summed E-state index contributed by atoms with van der Waals surface area (Å²) in [5.41, 5.74) is 3.71. The average Bonchev–Trinajstić information content (AvgIpc) is 3.25. The standard InChI is InChI=1S/C23H17N3O3/c27-22(21-14-19(25-26-21)16-9-5-2-6-10-16)24-20-13-17(11-12-18(20)23(28)29)15-7-3-1-4-8-15/h1-14H,(H,24,27)(H,25,26)(H,28,29). The van der Waals surface area contributed by atoms with Crippen molar-refractivity contribution in [1.29, 1.82) is 0 Å². The van der Waals surface area contributed by atoms with Gasteiger partial charge in [-0.3, -0.25) is 9.89 Å². The van der Waals surface area contributed by atoms with Crippen molar-refractivity contribution >= 4 is 17.6 Å². The van der Waals surface area contributed by atoms with E-state index < -0.39 is 11.9 Å². The third-order valence-corrected chi connectivity index (χ3v) is 4.50. The Balaban J connectivity index is 1.63. The van der Waals surface area contributed by atoms with Gasteiger partial charge in [-0.2, -0.15) is 5.10 Å². The number of benzene rings is 3. The molecule has 142 valence electrons. The Kier molecular flexibility index (Phi) is 4.90. The van der Waals surface area contributed by atoms with Gasteiger partial charge >= 0.3 is 5.97 Å². The van der Waals surface area contributed by atoms with Crippen LogP contribution < -0.4 is 5.32 Å². The first-order chi connectivity index (χ1) is 14.1. The zero-order chi connectivity index (χ0) is 20.2. The van der Waals surface area contributed by atoms with Gasteiger partial charge in [-0.1, -0.05) is 66.7 Å². The molecule has 0 atom stereocenters. The molecule has 0 aliphatic heterocycles. The van der Waals surface area contributed by atoms with Crippen LogP contribution in [0.25, 0.3) is 22.4 Å². The molecule has 0 aliphatic carbocycles. The minimum Gasteiger partial charge on any atom is -0.478 e. The van der Waals surface area contributed by atoms with Crippen LogP contribution in [-0.2, 0) is 0 Å². The highest BCUT2D eigenvalue weighted by molar-refractivity contribution is 6.07. The fourth-order valence-electron chi connectivity index (χ4n) is 3.03. The molecule has 4 rings (SSSR count). The highest BCUT2D eigenvalue weighted by Gasteiger charge is 2.17. The molecule has 0 saturated heterocycles. The fraction of sp³-hybridized carbons (Fsp3) is 0. The number of anilines is 1. The van der Waals surface area contributed by atoms with E-state index in [-0.39, 0.29) is 16.9 Å². The van der Waals surface area contributed by atoms with Crippen LogP contribution in [0.1, 0.15) is 20.8 Å². The summed E-state index contributed by atoms with van der Waals surface area (Å²) in [4.78, 5) is 24.3. The number of carboxylic acids is 1. The lowest BCUT2D eigenvalue weighted by atomic mass is 10.0. The van der Waals surface area contributed by atoms with Crippen LogP contribution in [0.15, 0.2) is 84.9 Å². The monoisotopic (exact) mass is 383 g/mol. The van der Waals surface area contributed by atoms with Gasteiger partial charge in [-0.25, -0.2) is 4.79 Å². The number of rotatable bonds is 5. The van der Waals surface area contributed by atoms with Gasteiger partial charge in [0.15, 0.2) is 0 Å². The molecule has 0 spiro atoms. The van der Waals surface area contributed by atoms with Crippen molar-refractivity contribution in [1.82, 2.24) is 10.2 Å². The SMILES string of the molecule is O=C(Nc1cc(-c2ccccc2)ccc1C(=O)O)c1cc(-c2ccccc2)n[nH]1. The van der Waals surface area contributed by atoms with E-state index in [0.717, 1.165) is 16.7 Å². The van der Waals surface area contributed by atoms with Crippen molar-refractivity contribution < 1.29 is 14.7 Å². The number of hydrogen-bond donors (Lipinski definition) is 3. The van der Waals surface area contributed by atoms with Crippen LogP contribution in [0, 0.1) is 0 Å².